The van der Waals surface area contributed by atoms with Crippen molar-refractivity contribution >= 4 is 11.9 Å². The molecule has 1 amide bonds. The molecule has 0 bridgehead atoms. The first-order valence-electron chi connectivity index (χ1n) is 9.80. The Balaban J connectivity index is 2.05. The van der Waals surface area contributed by atoms with E-state index in [0.717, 1.165) is 0 Å². The number of hydrogen-bond donors (Lipinski definition) is 1. The second-order valence-electron chi connectivity index (χ2n) is 6.94. The number of hydrogen-bond acceptors (Lipinski definition) is 6. The first-order chi connectivity index (χ1) is 14.4. The van der Waals surface area contributed by atoms with Crippen LogP contribution in [0.25, 0.3) is 0 Å². The molecule has 7 heteroatoms. The minimum absolute atomic E-state index is 0.00134. The van der Waals surface area contributed by atoms with Gasteiger partial charge in [0.1, 0.15) is 29.9 Å². The van der Waals surface area contributed by atoms with Crippen LogP contribution in [-0.4, -0.2) is 38.7 Å². The fourth-order valence-electron chi connectivity index (χ4n) is 2.82. The normalized spacial score (nSPS) is 11.5. The first-order valence-corrected chi connectivity index (χ1v) is 9.80. The van der Waals surface area contributed by atoms with Crippen molar-refractivity contribution in [3.63, 3.8) is 0 Å². The lowest BCUT2D eigenvalue weighted by Gasteiger charge is -2.21. The number of carbonyl (C=O) groups is 2. The summed E-state index contributed by atoms with van der Waals surface area (Å²) in [5.41, 5.74) is 1.11. The van der Waals surface area contributed by atoms with Crippen LogP contribution < -0.4 is 19.5 Å². The van der Waals surface area contributed by atoms with E-state index >= 15 is 0 Å². The molecule has 0 fully saturated rings. The summed E-state index contributed by atoms with van der Waals surface area (Å²) in [5.74, 6) is 0.869. The molecule has 2 rings (SSSR count). The summed E-state index contributed by atoms with van der Waals surface area (Å²) in [6, 6.07) is 11.2. The summed E-state index contributed by atoms with van der Waals surface area (Å²) in [4.78, 5) is 25.3. The summed E-state index contributed by atoms with van der Waals surface area (Å²) in [7, 11) is 3.10. The molecular weight excluding hydrogens is 386 g/mol. The van der Waals surface area contributed by atoms with Crippen molar-refractivity contribution in [1.29, 1.82) is 0 Å². The predicted octanol–water partition coefficient (Wildman–Crippen LogP) is 3.60. The Morgan fingerprint density at radius 2 is 1.63 bits per heavy atom. The number of carbonyl (C=O) groups excluding carboxylic acids is 2. The van der Waals surface area contributed by atoms with Crippen molar-refractivity contribution in [3.05, 3.63) is 53.6 Å². The predicted molar refractivity (Wildman–Crippen MR) is 113 cm³/mol. The van der Waals surface area contributed by atoms with Gasteiger partial charge in [0.25, 0.3) is 5.91 Å². The molecular formula is C23H29NO6. The van der Waals surface area contributed by atoms with Crippen molar-refractivity contribution in [2.45, 2.75) is 33.4 Å². The van der Waals surface area contributed by atoms with Crippen LogP contribution in [0.5, 0.6) is 17.2 Å². The third kappa shape index (κ3) is 6.14. The molecule has 30 heavy (non-hydrogen) atoms. The Labute approximate surface area is 177 Å². The summed E-state index contributed by atoms with van der Waals surface area (Å²) in [6.07, 6.45) is 0. The van der Waals surface area contributed by atoms with Crippen molar-refractivity contribution in [2.24, 2.45) is 5.92 Å². The molecule has 162 valence electrons. The Bertz CT molecular complexity index is 847. The lowest BCUT2D eigenvalue weighted by atomic mass is 10.0. The maximum atomic E-state index is 12.7. The van der Waals surface area contributed by atoms with Gasteiger partial charge < -0.3 is 24.3 Å². The van der Waals surface area contributed by atoms with E-state index in [1.807, 2.05) is 20.8 Å². The lowest BCUT2D eigenvalue weighted by Crippen LogP contribution is -2.45. The van der Waals surface area contributed by atoms with E-state index in [2.05, 4.69) is 5.32 Å². The second kappa shape index (κ2) is 11.1. The number of amides is 1. The van der Waals surface area contributed by atoms with Crippen LogP contribution in [0.4, 0.5) is 0 Å². The number of ether oxygens (including phenoxy) is 4. The van der Waals surface area contributed by atoms with Crippen LogP contribution in [0.2, 0.25) is 0 Å². The van der Waals surface area contributed by atoms with Crippen molar-refractivity contribution in [1.82, 2.24) is 5.32 Å². The Morgan fingerprint density at radius 3 is 2.20 bits per heavy atom. The van der Waals surface area contributed by atoms with E-state index in [1.165, 1.54) is 0 Å². The van der Waals surface area contributed by atoms with E-state index in [0.29, 0.717) is 35.0 Å². The topological polar surface area (TPSA) is 83.1 Å². The summed E-state index contributed by atoms with van der Waals surface area (Å²) >= 11 is 0. The largest absolute Gasteiger partial charge is 0.497 e. The van der Waals surface area contributed by atoms with Gasteiger partial charge in [-0.15, -0.1) is 0 Å². The Hall–Kier alpha value is -3.22. The van der Waals surface area contributed by atoms with Gasteiger partial charge in [-0.05, 0) is 55.3 Å². The van der Waals surface area contributed by atoms with Gasteiger partial charge in [-0.3, -0.25) is 4.79 Å². The summed E-state index contributed by atoms with van der Waals surface area (Å²) in [5, 5.41) is 2.76. The molecule has 7 nitrogen and oxygen atoms in total. The molecule has 1 N–H and O–H groups in total. The lowest BCUT2D eigenvalue weighted by molar-refractivity contribution is -0.148. The van der Waals surface area contributed by atoms with Crippen LogP contribution in [0, 0.1) is 5.92 Å². The van der Waals surface area contributed by atoms with E-state index in [-0.39, 0.29) is 18.4 Å². The van der Waals surface area contributed by atoms with Gasteiger partial charge >= 0.3 is 5.97 Å². The van der Waals surface area contributed by atoms with Gasteiger partial charge in [0.2, 0.25) is 0 Å². The first kappa shape index (κ1) is 23.1. The van der Waals surface area contributed by atoms with Gasteiger partial charge in [0.05, 0.1) is 20.8 Å². The molecule has 0 unspecified atom stereocenters. The molecule has 2 aromatic carbocycles. The number of benzene rings is 2. The molecule has 0 aliphatic heterocycles. The molecule has 0 spiro atoms. The minimum Gasteiger partial charge on any atom is -0.497 e. The SMILES string of the molecule is CCOc1ccc(C(=O)N[C@H](C(=O)OCc2cc(OC)ccc2OC)C(C)C)cc1. The van der Waals surface area contributed by atoms with Gasteiger partial charge in [-0.1, -0.05) is 13.8 Å². The zero-order chi connectivity index (χ0) is 22.1. The fourth-order valence-corrected chi connectivity index (χ4v) is 2.82. The highest BCUT2D eigenvalue weighted by atomic mass is 16.5. The zero-order valence-corrected chi connectivity index (χ0v) is 18.1. The molecule has 0 saturated carbocycles. The zero-order valence-electron chi connectivity index (χ0n) is 18.1. The molecule has 0 heterocycles. The molecule has 2 aromatic rings. The molecule has 1 atom stereocenters. The average molecular weight is 415 g/mol. The third-order valence-electron chi connectivity index (χ3n) is 4.49. The van der Waals surface area contributed by atoms with Gasteiger partial charge in [-0.25, -0.2) is 4.79 Å². The van der Waals surface area contributed by atoms with Crippen molar-refractivity contribution in [3.8, 4) is 17.2 Å². The van der Waals surface area contributed by atoms with Gasteiger partial charge in [-0.2, -0.15) is 0 Å². The van der Waals surface area contributed by atoms with Gasteiger partial charge in [0.15, 0.2) is 0 Å². The summed E-state index contributed by atoms with van der Waals surface area (Å²) < 4.78 is 21.4. The van der Waals surface area contributed by atoms with Crippen LogP contribution in [-0.2, 0) is 16.1 Å². The highest BCUT2D eigenvalue weighted by Crippen LogP contribution is 2.25. The van der Waals surface area contributed by atoms with Crippen molar-refractivity contribution < 1.29 is 28.5 Å². The molecule has 0 radical (unpaired) electrons. The maximum Gasteiger partial charge on any atom is 0.329 e. The number of esters is 1. The maximum absolute atomic E-state index is 12.7. The second-order valence-corrected chi connectivity index (χ2v) is 6.94. The van der Waals surface area contributed by atoms with E-state index < -0.39 is 12.0 Å². The fraction of sp³-hybridized carbons (Fsp3) is 0.391. The highest BCUT2D eigenvalue weighted by Gasteiger charge is 2.26. The Morgan fingerprint density at radius 1 is 0.967 bits per heavy atom. The third-order valence-corrected chi connectivity index (χ3v) is 4.49. The molecule has 0 aliphatic carbocycles. The number of nitrogens with one attached hydrogen (secondary N) is 1. The standard InChI is InChI=1S/C23H29NO6/c1-6-29-18-9-7-16(8-10-18)22(25)24-21(15(2)3)23(26)30-14-17-13-19(27-4)11-12-20(17)28-5/h7-13,15,21H,6,14H2,1-5H3,(H,24,25)/t21-/m0/s1. The van der Waals surface area contributed by atoms with Crippen LogP contribution in [0.1, 0.15) is 36.7 Å². The number of rotatable bonds is 10. The number of methoxy groups -OCH3 is 2. The smallest absolute Gasteiger partial charge is 0.329 e. The van der Waals surface area contributed by atoms with E-state index in [9.17, 15) is 9.59 Å². The molecule has 0 saturated heterocycles. The summed E-state index contributed by atoms with van der Waals surface area (Å²) in [6.45, 7) is 6.12. The van der Waals surface area contributed by atoms with E-state index in [4.69, 9.17) is 18.9 Å². The van der Waals surface area contributed by atoms with E-state index in [1.54, 1.807) is 56.7 Å². The van der Waals surface area contributed by atoms with Crippen molar-refractivity contribution in [2.75, 3.05) is 20.8 Å². The monoisotopic (exact) mass is 415 g/mol. The molecule has 0 aromatic heterocycles. The minimum atomic E-state index is -0.791. The van der Waals surface area contributed by atoms with Crippen LogP contribution >= 0.6 is 0 Å². The van der Waals surface area contributed by atoms with Crippen LogP contribution in [0.3, 0.4) is 0 Å². The highest BCUT2D eigenvalue weighted by molar-refractivity contribution is 5.96. The molecule has 0 aliphatic rings. The Kier molecular flexibility index (Phi) is 8.53. The van der Waals surface area contributed by atoms with Gasteiger partial charge in [0, 0.05) is 11.1 Å². The quantitative estimate of drug-likeness (QED) is 0.597. The van der Waals surface area contributed by atoms with Crippen LogP contribution in [0.15, 0.2) is 42.5 Å². The average Bonchev–Trinajstić information content (AvgIpc) is 2.75.